The van der Waals surface area contributed by atoms with Gasteiger partial charge in [-0.3, -0.25) is 0 Å². The van der Waals surface area contributed by atoms with Crippen LogP contribution in [-0.4, -0.2) is 27.1 Å². The molecule has 0 bridgehead atoms. The minimum Gasteiger partial charge on any atom is -0.481 e. The van der Waals surface area contributed by atoms with Gasteiger partial charge in [0.15, 0.2) is 5.82 Å². The molecule has 0 saturated heterocycles. The largest absolute Gasteiger partial charge is 0.481 e. The first kappa shape index (κ1) is 9.45. The summed E-state index contributed by atoms with van der Waals surface area (Å²) in [6.45, 7) is 0.529. The van der Waals surface area contributed by atoms with E-state index >= 15 is 0 Å². The minimum absolute atomic E-state index is 0.401. The van der Waals surface area contributed by atoms with E-state index in [1.165, 1.54) is 0 Å². The van der Waals surface area contributed by atoms with Crippen molar-refractivity contribution in [3.05, 3.63) is 30.1 Å². The first-order chi connectivity index (χ1) is 7.28. The van der Waals surface area contributed by atoms with Gasteiger partial charge < -0.3 is 10.5 Å². The Balaban J connectivity index is 2.16. The van der Waals surface area contributed by atoms with Crippen molar-refractivity contribution in [2.24, 2.45) is 0 Å². The Bertz CT molecular complexity index is 453. The Kier molecular flexibility index (Phi) is 2.49. The number of pyridine rings is 1. The Morgan fingerprint density at radius 3 is 3.00 bits per heavy atom. The smallest absolute Gasteiger partial charge is 0.213 e. The zero-order chi connectivity index (χ0) is 10.7. The maximum absolute atomic E-state index is 5.45. The van der Waals surface area contributed by atoms with Crippen molar-refractivity contribution in [1.82, 2.24) is 20.0 Å². The van der Waals surface area contributed by atoms with E-state index in [9.17, 15) is 0 Å². The average molecular weight is 205 g/mol. The number of rotatable bonds is 3. The molecule has 0 aliphatic heterocycles. The van der Waals surface area contributed by atoms with Crippen molar-refractivity contribution < 1.29 is 4.74 Å². The fourth-order valence-electron chi connectivity index (χ4n) is 1.22. The number of hydrogen-bond donors (Lipinski definition) is 1. The predicted octanol–water partition coefficient (Wildman–Crippen LogP) is 0.312. The maximum Gasteiger partial charge on any atom is 0.213 e. The molecule has 0 aliphatic carbocycles. The lowest BCUT2D eigenvalue weighted by Crippen LogP contribution is -2.03. The molecule has 2 rings (SSSR count). The molecule has 0 amide bonds. The van der Waals surface area contributed by atoms with Crippen LogP contribution in [-0.2, 0) is 6.54 Å². The first-order valence-corrected chi connectivity index (χ1v) is 4.43. The van der Waals surface area contributed by atoms with E-state index in [2.05, 4.69) is 15.3 Å². The van der Waals surface area contributed by atoms with Gasteiger partial charge in [-0.1, -0.05) is 11.3 Å². The van der Waals surface area contributed by atoms with E-state index in [4.69, 9.17) is 10.5 Å². The SMILES string of the molecule is COc1cccc(Cn2cc(N)nn2)n1. The lowest BCUT2D eigenvalue weighted by molar-refractivity contribution is 0.395. The predicted molar refractivity (Wildman–Crippen MR) is 54.3 cm³/mol. The molecular formula is C9H11N5O. The number of aromatic nitrogens is 4. The molecule has 6 nitrogen and oxygen atoms in total. The van der Waals surface area contributed by atoms with Crippen LogP contribution >= 0.6 is 0 Å². The Morgan fingerprint density at radius 2 is 2.33 bits per heavy atom. The topological polar surface area (TPSA) is 78.9 Å². The Morgan fingerprint density at radius 1 is 1.47 bits per heavy atom. The van der Waals surface area contributed by atoms with Gasteiger partial charge in [0.05, 0.1) is 25.5 Å². The van der Waals surface area contributed by atoms with Gasteiger partial charge in [-0.05, 0) is 6.07 Å². The molecule has 2 heterocycles. The molecule has 78 valence electrons. The van der Waals surface area contributed by atoms with Gasteiger partial charge >= 0.3 is 0 Å². The van der Waals surface area contributed by atoms with Crippen LogP contribution < -0.4 is 10.5 Å². The molecule has 0 aromatic carbocycles. The third kappa shape index (κ3) is 2.22. The molecule has 0 atom stereocenters. The molecule has 2 N–H and O–H groups in total. The van der Waals surface area contributed by atoms with Crippen molar-refractivity contribution in [2.75, 3.05) is 12.8 Å². The molecule has 0 saturated carbocycles. The first-order valence-electron chi connectivity index (χ1n) is 4.43. The van der Waals surface area contributed by atoms with E-state index in [1.54, 1.807) is 24.1 Å². The molecule has 2 aromatic heterocycles. The zero-order valence-corrected chi connectivity index (χ0v) is 8.29. The number of nitrogens with zero attached hydrogens (tertiary/aromatic N) is 4. The summed E-state index contributed by atoms with van der Waals surface area (Å²) >= 11 is 0. The van der Waals surface area contributed by atoms with Gasteiger partial charge in [0, 0.05) is 6.07 Å². The highest BCUT2D eigenvalue weighted by molar-refractivity contribution is 5.21. The minimum atomic E-state index is 0.401. The van der Waals surface area contributed by atoms with Crippen LogP contribution in [0.15, 0.2) is 24.4 Å². The summed E-state index contributed by atoms with van der Waals surface area (Å²) in [7, 11) is 1.58. The second kappa shape index (κ2) is 3.95. The van der Waals surface area contributed by atoms with Crippen molar-refractivity contribution in [3.8, 4) is 5.88 Å². The summed E-state index contributed by atoms with van der Waals surface area (Å²) in [5.74, 6) is 0.985. The fourth-order valence-corrected chi connectivity index (χ4v) is 1.22. The van der Waals surface area contributed by atoms with Crippen LogP contribution in [0.4, 0.5) is 5.82 Å². The molecule has 2 aromatic rings. The summed E-state index contributed by atoms with van der Waals surface area (Å²) in [6, 6.07) is 5.56. The quantitative estimate of drug-likeness (QED) is 0.780. The maximum atomic E-state index is 5.45. The van der Waals surface area contributed by atoms with Crippen molar-refractivity contribution in [3.63, 3.8) is 0 Å². The van der Waals surface area contributed by atoms with Gasteiger partial charge in [0.25, 0.3) is 0 Å². The Labute approximate surface area is 86.7 Å². The lowest BCUT2D eigenvalue weighted by Gasteiger charge is -2.02. The van der Waals surface area contributed by atoms with Crippen molar-refractivity contribution >= 4 is 5.82 Å². The van der Waals surface area contributed by atoms with Gasteiger partial charge in [-0.25, -0.2) is 9.67 Å². The molecule has 0 spiro atoms. The fraction of sp³-hybridized carbons (Fsp3) is 0.222. The Hall–Kier alpha value is -2.11. The third-order valence-corrected chi connectivity index (χ3v) is 1.87. The van der Waals surface area contributed by atoms with E-state index in [-0.39, 0.29) is 0 Å². The van der Waals surface area contributed by atoms with Gasteiger partial charge in [0.1, 0.15) is 0 Å². The summed E-state index contributed by atoms with van der Waals surface area (Å²) in [5.41, 5.74) is 6.30. The van der Waals surface area contributed by atoms with Gasteiger partial charge in [-0.15, -0.1) is 5.10 Å². The highest BCUT2D eigenvalue weighted by Crippen LogP contribution is 2.07. The molecule has 15 heavy (non-hydrogen) atoms. The number of ether oxygens (including phenoxy) is 1. The molecule has 0 unspecified atom stereocenters. The highest BCUT2D eigenvalue weighted by atomic mass is 16.5. The van der Waals surface area contributed by atoms with E-state index in [0.717, 1.165) is 5.69 Å². The van der Waals surface area contributed by atoms with E-state index < -0.39 is 0 Å². The number of hydrogen-bond acceptors (Lipinski definition) is 5. The second-order valence-electron chi connectivity index (χ2n) is 3.01. The summed E-state index contributed by atoms with van der Waals surface area (Å²) in [5, 5.41) is 7.51. The number of nitrogen functional groups attached to an aromatic ring is 1. The van der Waals surface area contributed by atoms with Crippen LogP contribution in [0.3, 0.4) is 0 Å². The molecular weight excluding hydrogens is 194 g/mol. The summed E-state index contributed by atoms with van der Waals surface area (Å²) in [4.78, 5) is 4.24. The van der Waals surface area contributed by atoms with E-state index in [1.807, 2.05) is 12.1 Å². The number of methoxy groups -OCH3 is 1. The van der Waals surface area contributed by atoms with Crippen LogP contribution in [0.1, 0.15) is 5.69 Å². The summed E-state index contributed by atoms with van der Waals surface area (Å²) in [6.07, 6.45) is 1.65. The molecule has 0 fully saturated rings. The second-order valence-corrected chi connectivity index (χ2v) is 3.01. The van der Waals surface area contributed by atoms with Crippen molar-refractivity contribution in [1.29, 1.82) is 0 Å². The summed E-state index contributed by atoms with van der Waals surface area (Å²) < 4.78 is 6.64. The van der Waals surface area contributed by atoms with Crippen LogP contribution in [0.2, 0.25) is 0 Å². The van der Waals surface area contributed by atoms with Crippen LogP contribution in [0.25, 0.3) is 0 Å². The van der Waals surface area contributed by atoms with Gasteiger partial charge in [-0.2, -0.15) is 0 Å². The molecule has 0 radical (unpaired) electrons. The third-order valence-electron chi connectivity index (χ3n) is 1.87. The monoisotopic (exact) mass is 205 g/mol. The number of anilines is 1. The van der Waals surface area contributed by atoms with E-state index in [0.29, 0.717) is 18.2 Å². The van der Waals surface area contributed by atoms with Crippen molar-refractivity contribution in [2.45, 2.75) is 6.54 Å². The molecule has 0 aliphatic rings. The lowest BCUT2D eigenvalue weighted by atomic mass is 10.3. The van der Waals surface area contributed by atoms with Gasteiger partial charge in [0.2, 0.25) is 5.88 Å². The highest BCUT2D eigenvalue weighted by Gasteiger charge is 2.00. The normalized spacial score (nSPS) is 10.2. The van der Waals surface area contributed by atoms with Crippen LogP contribution in [0.5, 0.6) is 5.88 Å². The standard InChI is InChI=1S/C9H11N5O/c1-15-9-4-2-3-7(11-9)5-14-6-8(10)12-13-14/h2-4,6H,5,10H2,1H3. The average Bonchev–Trinajstić information content (AvgIpc) is 2.64. The van der Waals surface area contributed by atoms with Crippen LogP contribution in [0, 0.1) is 0 Å². The molecule has 6 heteroatoms. The number of nitrogens with two attached hydrogens (primary N) is 1. The zero-order valence-electron chi connectivity index (χ0n) is 8.29.